The Bertz CT molecular complexity index is 251. The van der Waals surface area contributed by atoms with E-state index in [9.17, 15) is 4.79 Å². The van der Waals surface area contributed by atoms with E-state index in [1.54, 1.807) is 0 Å². The summed E-state index contributed by atoms with van der Waals surface area (Å²) >= 11 is 0. The molecule has 0 aromatic rings. The van der Waals surface area contributed by atoms with E-state index >= 15 is 0 Å². The van der Waals surface area contributed by atoms with Crippen LogP contribution in [0.15, 0.2) is 0 Å². The highest BCUT2D eigenvalue weighted by Crippen LogP contribution is 2.36. The van der Waals surface area contributed by atoms with Crippen molar-refractivity contribution in [1.29, 1.82) is 0 Å². The highest BCUT2D eigenvalue weighted by molar-refractivity contribution is 5.85. The van der Waals surface area contributed by atoms with Crippen LogP contribution in [0.3, 0.4) is 0 Å². The zero-order valence-electron chi connectivity index (χ0n) is 9.45. The summed E-state index contributed by atoms with van der Waals surface area (Å²) < 4.78 is 0. The van der Waals surface area contributed by atoms with Crippen molar-refractivity contribution < 1.29 is 4.79 Å². The molecule has 2 aliphatic carbocycles. The van der Waals surface area contributed by atoms with Crippen molar-refractivity contribution >= 4 is 5.78 Å². The maximum absolute atomic E-state index is 11.8. The van der Waals surface area contributed by atoms with Gasteiger partial charge in [-0.15, -0.1) is 0 Å². The lowest BCUT2D eigenvalue weighted by molar-refractivity contribution is -0.123. The average molecular weight is 207 g/mol. The predicted molar refractivity (Wildman–Crippen MR) is 59.7 cm³/mol. The zero-order valence-corrected chi connectivity index (χ0v) is 9.45. The Morgan fingerprint density at radius 3 is 2.33 bits per heavy atom. The summed E-state index contributed by atoms with van der Waals surface area (Å²) in [6.07, 6.45) is 8.81. The third-order valence-electron chi connectivity index (χ3n) is 4.59. The van der Waals surface area contributed by atoms with Crippen LogP contribution in [0.4, 0.5) is 0 Å². The van der Waals surface area contributed by atoms with Gasteiger partial charge >= 0.3 is 0 Å². The van der Waals surface area contributed by atoms with Gasteiger partial charge in [-0.25, -0.2) is 0 Å². The molecule has 3 aliphatic rings. The van der Waals surface area contributed by atoms with Gasteiger partial charge in [-0.3, -0.25) is 9.69 Å². The number of Topliss-reactive ketones (excluding diaryl/α,β-unsaturated/α-hetero) is 1. The molecule has 0 aromatic carbocycles. The first-order valence-corrected chi connectivity index (χ1v) is 6.59. The van der Waals surface area contributed by atoms with Crippen molar-refractivity contribution in [3.05, 3.63) is 0 Å². The summed E-state index contributed by atoms with van der Waals surface area (Å²) in [5, 5.41) is 0. The molecule has 84 valence electrons. The van der Waals surface area contributed by atoms with Crippen LogP contribution < -0.4 is 0 Å². The quantitative estimate of drug-likeness (QED) is 0.657. The maximum Gasteiger partial charge on any atom is 0.149 e. The summed E-state index contributed by atoms with van der Waals surface area (Å²) in [4.78, 5) is 14.3. The Kier molecular flexibility index (Phi) is 2.55. The fourth-order valence-electron chi connectivity index (χ4n) is 3.91. The number of ketones is 1. The second kappa shape index (κ2) is 3.89. The normalized spacial score (nSPS) is 42.1. The molecule has 3 rings (SSSR count). The van der Waals surface area contributed by atoms with E-state index in [1.165, 1.54) is 38.8 Å². The Hall–Kier alpha value is -0.370. The number of rotatable bonds is 1. The Labute approximate surface area is 92.0 Å². The lowest BCUT2D eigenvalue weighted by Crippen LogP contribution is -2.49. The van der Waals surface area contributed by atoms with Crippen LogP contribution in [0.2, 0.25) is 0 Å². The number of piperidine rings is 1. The highest BCUT2D eigenvalue weighted by Gasteiger charge is 2.37. The van der Waals surface area contributed by atoms with Gasteiger partial charge in [0.2, 0.25) is 0 Å². The molecule has 0 N–H and O–H groups in total. The van der Waals surface area contributed by atoms with Crippen molar-refractivity contribution in [2.75, 3.05) is 13.1 Å². The molecule has 15 heavy (non-hydrogen) atoms. The lowest BCUT2D eigenvalue weighted by Gasteiger charge is -2.43. The van der Waals surface area contributed by atoms with Crippen LogP contribution in [-0.4, -0.2) is 29.8 Å². The lowest BCUT2D eigenvalue weighted by atomic mass is 9.77. The molecule has 3 fully saturated rings. The number of hydrogen-bond acceptors (Lipinski definition) is 2. The Balaban J connectivity index is 1.69. The molecular formula is C13H21NO. The van der Waals surface area contributed by atoms with Gasteiger partial charge in [0, 0.05) is 19.5 Å². The van der Waals surface area contributed by atoms with E-state index in [4.69, 9.17) is 0 Å². The average Bonchev–Trinajstić information content (AvgIpc) is 2.64. The second-order valence-corrected chi connectivity index (χ2v) is 5.73. The number of carbonyl (C=O) groups excluding carboxylic acids is 1. The zero-order chi connectivity index (χ0) is 10.3. The molecule has 2 heteroatoms. The molecule has 2 nitrogen and oxygen atoms in total. The minimum atomic E-state index is 0.313. The van der Waals surface area contributed by atoms with Gasteiger partial charge in [-0.1, -0.05) is 6.42 Å². The fourth-order valence-corrected chi connectivity index (χ4v) is 3.91. The van der Waals surface area contributed by atoms with E-state index in [0.29, 0.717) is 11.8 Å². The van der Waals surface area contributed by atoms with Crippen molar-refractivity contribution in [3.8, 4) is 0 Å². The van der Waals surface area contributed by atoms with Crippen LogP contribution >= 0.6 is 0 Å². The first-order chi connectivity index (χ1) is 7.33. The van der Waals surface area contributed by atoms with E-state index in [0.717, 1.165) is 31.1 Å². The molecule has 0 amide bonds. The molecule has 1 heterocycles. The first kappa shape index (κ1) is 9.83. The van der Waals surface area contributed by atoms with Crippen LogP contribution in [0.25, 0.3) is 0 Å². The third kappa shape index (κ3) is 1.84. The van der Waals surface area contributed by atoms with Crippen LogP contribution in [-0.2, 0) is 4.79 Å². The molecular weight excluding hydrogens is 186 g/mol. The Morgan fingerprint density at radius 2 is 1.73 bits per heavy atom. The number of fused-ring (bicyclic) bond motifs is 2. The smallest absolute Gasteiger partial charge is 0.149 e. The van der Waals surface area contributed by atoms with E-state index in [2.05, 4.69) is 4.90 Å². The van der Waals surface area contributed by atoms with Gasteiger partial charge in [0.15, 0.2) is 0 Å². The molecule has 0 spiro atoms. The number of likely N-dealkylation sites (tertiary alicyclic amines) is 1. The summed E-state index contributed by atoms with van der Waals surface area (Å²) in [6.45, 7) is 2.43. The van der Waals surface area contributed by atoms with Crippen molar-refractivity contribution in [1.82, 2.24) is 4.90 Å². The molecule has 1 saturated heterocycles. The van der Waals surface area contributed by atoms with Gasteiger partial charge in [0.05, 0.1) is 6.04 Å². The highest BCUT2D eigenvalue weighted by atomic mass is 16.1. The molecule has 1 aliphatic heterocycles. The summed E-state index contributed by atoms with van der Waals surface area (Å²) in [5.74, 6) is 2.34. The monoisotopic (exact) mass is 207 g/mol. The largest absolute Gasteiger partial charge is 0.298 e. The van der Waals surface area contributed by atoms with Crippen molar-refractivity contribution in [2.24, 2.45) is 11.8 Å². The van der Waals surface area contributed by atoms with Gasteiger partial charge in [-0.05, 0) is 43.9 Å². The topological polar surface area (TPSA) is 20.3 Å². The fraction of sp³-hybridized carbons (Fsp3) is 0.923. The number of nitrogens with zero attached hydrogens (tertiary/aromatic N) is 1. The van der Waals surface area contributed by atoms with E-state index < -0.39 is 0 Å². The number of hydrogen-bond donors (Lipinski definition) is 0. The van der Waals surface area contributed by atoms with E-state index in [-0.39, 0.29) is 0 Å². The van der Waals surface area contributed by atoms with Crippen LogP contribution in [0.1, 0.15) is 44.9 Å². The summed E-state index contributed by atoms with van der Waals surface area (Å²) in [7, 11) is 0. The maximum atomic E-state index is 11.8. The molecule has 3 unspecified atom stereocenters. The molecule has 0 radical (unpaired) electrons. The Morgan fingerprint density at radius 1 is 1.00 bits per heavy atom. The van der Waals surface area contributed by atoms with Crippen LogP contribution in [0.5, 0.6) is 0 Å². The minimum Gasteiger partial charge on any atom is -0.298 e. The predicted octanol–water partition coefficient (Wildman–Crippen LogP) is 2.23. The molecule has 3 atom stereocenters. The van der Waals surface area contributed by atoms with Gasteiger partial charge in [0.1, 0.15) is 5.78 Å². The summed E-state index contributed by atoms with van der Waals surface area (Å²) in [6, 6.07) is 0.313. The minimum absolute atomic E-state index is 0.313. The molecule has 2 saturated carbocycles. The van der Waals surface area contributed by atoms with Gasteiger partial charge < -0.3 is 0 Å². The van der Waals surface area contributed by atoms with Gasteiger partial charge in [-0.2, -0.15) is 0 Å². The van der Waals surface area contributed by atoms with Crippen LogP contribution in [0, 0.1) is 11.8 Å². The third-order valence-corrected chi connectivity index (χ3v) is 4.59. The second-order valence-electron chi connectivity index (χ2n) is 5.73. The van der Waals surface area contributed by atoms with Crippen molar-refractivity contribution in [2.45, 2.75) is 51.0 Å². The first-order valence-electron chi connectivity index (χ1n) is 6.59. The van der Waals surface area contributed by atoms with E-state index in [1.807, 2.05) is 0 Å². The standard InChI is InChI=1S/C13H21NO/c15-13-6-2-5-12(13)14-8-10-3-1-4-11(7-10)9-14/h10-12H,1-9H2. The van der Waals surface area contributed by atoms with Gasteiger partial charge in [0.25, 0.3) is 0 Å². The molecule has 2 bridgehead atoms. The summed E-state index contributed by atoms with van der Waals surface area (Å²) in [5.41, 5.74) is 0. The SMILES string of the molecule is O=C1CCCC1N1CC2CCCC(C2)C1. The van der Waals surface area contributed by atoms with Crippen molar-refractivity contribution in [3.63, 3.8) is 0 Å². The molecule has 0 aromatic heterocycles. The number of carbonyl (C=O) groups is 1.